The standard InChI is InChI=1S/C22H22N8O2S/c23-5-1-20(15-4-8-29(11-15)18-2-6-24-17(9-18)13-33(31)32)30-12-16(10-28-30)21-19-3-7-25-22(19)27-14-26-21/h2-3,6-7,9-10,12,14-15,20H,1,4,8,11,13H2,(H,31,32)(H,25,26,27)/p-1. The fourth-order valence-corrected chi connectivity index (χ4v) is 4.91. The molecule has 0 bridgehead atoms. The second kappa shape index (κ2) is 9.09. The van der Waals surface area contributed by atoms with Gasteiger partial charge in [-0.15, -0.1) is 0 Å². The van der Waals surface area contributed by atoms with E-state index in [1.165, 1.54) is 6.33 Å². The molecule has 4 aromatic heterocycles. The summed E-state index contributed by atoms with van der Waals surface area (Å²) in [6.07, 6.45) is 9.98. The topological polar surface area (TPSA) is 139 Å². The van der Waals surface area contributed by atoms with Crippen molar-refractivity contribution < 1.29 is 8.76 Å². The van der Waals surface area contributed by atoms with Crippen molar-refractivity contribution in [1.29, 1.82) is 5.26 Å². The molecular formula is C22H21N8O2S-. The molecule has 11 heteroatoms. The highest BCUT2D eigenvalue weighted by atomic mass is 32.2. The van der Waals surface area contributed by atoms with Gasteiger partial charge in [-0.3, -0.25) is 13.9 Å². The van der Waals surface area contributed by atoms with E-state index in [2.05, 4.69) is 36.0 Å². The third kappa shape index (κ3) is 4.35. The summed E-state index contributed by atoms with van der Waals surface area (Å²) in [6, 6.07) is 7.89. The van der Waals surface area contributed by atoms with E-state index in [0.29, 0.717) is 12.1 Å². The van der Waals surface area contributed by atoms with Crippen LogP contribution in [0, 0.1) is 17.2 Å². The van der Waals surface area contributed by atoms with E-state index in [-0.39, 0.29) is 17.7 Å². The molecule has 5 rings (SSSR count). The lowest BCUT2D eigenvalue weighted by Gasteiger charge is -2.23. The normalized spacial score (nSPS) is 17.8. The summed E-state index contributed by atoms with van der Waals surface area (Å²) >= 11 is -2.18. The van der Waals surface area contributed by atoms with E-state index in [1.807, 2.05) is 35.3 Å². The number of hydrogen-bond donors (Lipinski definition) is 1. The van der Waals surface area contributed by atoms with Gasteiger partial charge in [-0.2, -0.15) is 10.4 Å². The number of hydrogen-bond acceptors (Lipinski definition) is 8. The number of fused-ring (bicyclic) bond motifs is 1. The number of rotatable bonds is 7. The first kappa shape index (κ1) is 21.2. The highest BCUT2D eigenvalue weighted by Crippen LogP contribution is 2.34. The van der Waals surface area contributed by atoms with Gasteiger partial charge in [-0.1, -0.05) is 0 Å². The monoisotopic (exact) mass is 461 g/mol. The summed E-state index contributed by atoms with van der Waals surface area (Å²) in [4.78, 5) is 18.1. The van der Waals surface area contributed by atoms with Gasteiger partial charge in [0.05, 0.1) is 41.9 Å². The van der Waals surface area contributed by atoms with E-state index >= 15 is 0 Å². The van der Waals surface area contributed by atoms with Gasteiger partial charge in [0, 0.05) is 54.2 Å². The fourth-order valence-electron chi connectivity index (χ4n) is 4.51. The lowest BCUT2D eigenvalue weighted by Crippen LogP contribution is -2.25. The molecule has 168 valence electrons. The lowest BCUT2D eigenvalue weighted by atomic mass is 9.96. The number of nitrogens with one attached hydrogen (secondary N) is 1. The van der Waals surface area contributed by atoms with Gasteiger partial charge in [0.25, 0.3) is 0 Å². The quantitative estimate of drug-likeness (QED) is 0.414. The molecule has 1 aliphatic rings. The third-order valence-electron chi connectivity index (χ3n) is 6.07. The van der Waals surface area contributed by atoms with Crippen molar-refractivity contribution in [3.8, 4) is 17.3 Å². The molecule has 1 aliphatic heterocycles. The van der Waals surface area contributed by atoms with Crippen LogP contribution >= 0.6 is 0 Å². The van der Waals surface area contributed by atoms with E-state index in [1.54, 1.807) is 12.4 Å². The molecule has 3 atom stereocenters. The molecular weight excluding hydrogens is 440 g/mol. The molecule has 3 unspecified atom stereocenters. The Hall–Kier alpha value is -3.62. The van der Waals surface area contributed by atoms with E-state index < -0.39 is 11.1 Å². The Kier molecular flexibility index (Phi) is 5.85. The first-order chi connectivity index (χ1) is 16.1. The number of aromatic nitrogens is 6. The molecule has 0 saturated carbocycles. The van der Waals surface area contributed by atoms with Gasteiger partial charge in [-0.05, 0) is 35.7 Å². The number of anilines is 1. The number of nitriles is 1. The minimum atomic E-state index is -2.18. The van der Waals surface area contributed by atoms with Crippen LogP contribution in [0.1, 0.15) is 24.6 Å². The Morgan fingerprint density at radius 1 is 1.33 bits per heavy atom. The molecule has 4 aromatic rings. The molecule has 0 amide bonds. The Balaban J connectivity index is 1.37. The first-order valence-corrected chi connectivity index (χ1v) is 11.8. The predicted molar refractivity (Wildman–Crippen MR) is 122 cm³/mol. The van der Waals surface area contributed by atoms with Crippen molar-refractivity contribution in [2.24, 2.45) is 5.92 Å². The molecule has 1 N–H and O–H groups in total. The van der Waals surface area contributed by atoms with Crippen molar-refractivity contribution in [3.05, 3.63) is 55.0 Å². The van der Waals surface area contributed by atoms with Gasteiger partial charge in [0.2, 0.25) is 0 Å². The minimum Gasteiger partial charge on any atom is -0.772 e. The summed E-state index contributed by atoms with van der Waals surface area (Å²) < 4.78 is 23.9. The van der Waals surface area contributed by atoms with E-state index in [4.69, 9.17) is 0 Å². The van der Waals surface area contributed by atoms with Crippen LogP contribution in [-0.2, 0) is 16.8 Å². The SMILES string of the molecule is N#CCC(C1CCN(c2ccnc(CS(=O)[O-])c2)C1)n1cc(-c2ncnc3[nH]ccc23)cn1. The van der Waals surface area contributed by atoms with Gasteiger partial charge >= 0.3 is 0 Å². The average Bonchev–Trinajstić information content (AvgIpc) is 3.58. The van der Waals surface area contributed by atoms with Gasteiger partial charge in [0.1, 0.15) is 12.0 Å². The Labute approximate surface area is 192 Å². The zero-order valence-electron chi connectivity index (χ0n) is 17.7. The molecule has 0 aliphatic carbocycles. The molecule has 1 fully saturated rings. The number of nitrogens with zero attached hydrogens (tertiary/aromatic N) is 7. The minimum absolute atomic E-state index is 0.0762. The van der Waals surface area contributed by atoms with Crippen molar-refractivity contribution in [3.63, 3.8) is 0 Å². The predicted octanol–water partition coefficient (Wildman–Crippen LogP) is 2.58. The molecule has 33 heavy (non-hydrogen) atoms. The Morgan fingerprint density at radius 3 is 3.09 bits per heavy atom. The van der Waals surface area contributed by atoms with Crippen LogP contribution in [0.4, 0.5) is 5.69 Å². The summed E-state index contributed by atoms with van der Waals surface area (Å²) in [6.45, 7) is 1.57. The average molecular weight is 462 g/mol. The maximum absolute atomic E-state index is 11.0. The van der Waals surface area contributed by atoms with Gasteiger partial charge < -0.3 is 14.4 Å². The first-order valence-electron chi connectivity index (χ1n) is 10.6. The number of aromatic amines is 1. The third-order valence-corrected chi connectivity index (χ3v) is 6.60. The Bertz CT molecular complexity index is 1340. The summed E-state index contributed by atoms with van der Waals surface area (Å²) in [5.74, 6) is 0.121. The smallest absolute Gasteiger partial charge is 0.141 e. The molecule has 1 saturated heterocycles. The summed E-state index contributed by atoms with van der Waals surface area (Å²) in [5, 5.41) is 15.0. The molecule has 0 aromatic carbocycles. The number of pyridine rings is 1. The van der Waals surface area contributed by atoms with E-state index in [0.717, 1.165) is 47.5 Å². The van der Waals surface area contributed by atoms with Crippen LogP contribution in [-0.4, -0.2) is 51.6 Å². The van der Waals surface area contributed by atoms with Gasteiger partial charge in [0.15, 0.2) is 0 Å². The fraction of sp³-hybridized carbons (Fsp3) is 0.318. The molecule has 0 radical (unpaired) electrons. The van der Waals surface area contributed by atoms with Crippen LogP contribution in [0.3, 0.4) is 0 Å². The highest BCUT2D eigenvalue weighted by Gasteiger charge is 2.31. The molecule has 5 heterocycles. The zero-order valence-corrected chi connectivity index (χ0v) is 18.5. The van der Waals surface area contributed by atoms with Crippen molar-refractivity contribution in [2.45, 2.75) is 24.6 Å². The molecule has 10 nitrogen and oxygen atoms in total. The highest BCUT2D eigenvalue weighted by molar-refractivity contribution is 7.78. The maximum Gasteiger partial charge on any atom is 0.141 e. The lowest BCUT2D eigenvalue weighted by molar-refractivity contribution is 0.332. The second-order valence-corrected chi connectivity index (χ2v) is 8.95. The zero-order chi connectivity index (χ0) is 22.8. The van der Waals surface area contributed by atoms with Crippen molar-refractivity contribution >= 4 is 27.8 Å². The van der Waals surface area contributed by atoms with Crippen molar-refractivity contribution in [1.82, 2.24) is 29.7 Å². The van der Waals surface area contributed by atoms with Crippen LogP contribution in [0.2, 0.25) is 0 Å². The summed E-state index contributed by atoms with van der Waals surface area (Å²) in [5.41, 5.74) is 3.92. The number of H-pyrrole nitrogens is 1. The largest absolute Gasteiger partial charge is 0.772 e. The summed E-state index contributed by atoms with van der Waals surface area (Å²) in [7, 11) is 0. The van der Waals surface area contributed by atoms with Crippen molar-refractivity contribution in [2.75, 3.05) is 18.0 Å². The van der Waals surface area contributed by atoms with Gasteiger partial charge in [-0.25, -0.2) is 9.97 Å². The second-order valence-electron chi connectivity index (χ2n) is 8.05. The van der Waals surface area contributed by atoms with Crippen LogP contribution < -0.4 is 4.90 Å². The van der Waals surface area contributed by atoms with E-state index in [9.17, 15) is 14.0 Å². The van der Waals surface area contributed by atoms with Crippen LogP contribution in [0.5, 0.6) is 0 Å². The Morgan fingerprint density at radius 2 is 2.24 bits per heavy atom. The maximum atomic E-state index is 11.0. The van der Waals surface area contributed by atoms with Crippen LogP contribution in [0.25, 0.3) is 22.3 Å². The molecule has 0 spiro atoms. The van der Waals surface area contributed by atoms with Crippen LogP contribution in [0.15, 0.2) is 49.3 Å².